The molecule has 3 rings (SSSR count). The Morgan fingerprint density at radius 1 is 1.10 bits per heavy atom. The third-order valence-electron chi connectivity index (χ3n) is 5.95. The molecular weight excluding hydrogens is 507 g/mol. The molecule has 168 valence electrons. The van der Waals surface area contributed by atoms with Crippen molar-refractivity contribution in [3.63, 3.8) is 0 Å². The van der Waals surface area contributed by atoms with Gasteiger partial charge in [0.2, 0.25) is 5.91 Å². The van der Waals surface area contributed by atoms with Gasteiger partial charge < -0.3 is 15.5 Å². The predicted molar refractivity (Wildman–Crippen MR) is 139 cm³/mol. The number of thioether (sulfide) groups is 1. The summed E-state index contributed by atoms with van der Waals surface area (Å²) < 4.78 is 0. The lowest BCUT2D eigenvalue weighted by molar-refractivity contribution is -0.136. The number of rotatable bonds is 5. The van der Waals surface area contributed by atoms with Crippen molar-refractivity contribution < 1.29 is 4.79 Å². The number of halogens is 1. The lowest BCUT2D eigenvalue weighted by Crippen LogP contribution is -2.47. The van der Waals surface area contributed by atoms with Crippen molar-refractivity contribution in [2.45, 2.75) is 52.0 Å². The average Bonchev–Trinajstić information content (AvgIpc) is 2.73. The summed E-state index contributed by atoms with van der Waals surface area (Å²) in [7, 11) is 1.83. The molecular formula is C23H37IN4OS. The quantitative estimate of drug-likeness (QED) is 0.337. The van der Waals surface area contributed by atoms with Crippen molar-refractivity contribution >= 4 is 47.6 Å². The maximum Gasteiger partial charge on any atom is 0.225 e. The first-order valence-corrected chi connectivity index (χ1v) is 12.1. The van der Waals surface area contributed by atoms with Crippen molar-refractivity contribution in [3.8, 4) is 0 Å². The van der Waals surface area contributed by atoms with Gasteiger partial charge in [-0.3, -0.25) is 9.79 Å². The number of hydrogen-bond donors (Lipinski definition) is 2. The Bertz CT molecular complexity index is 693. The van der Waals surface area contributed by atoms with Crippen molar-refractivity contribution in [3.05, 3.63) is 34.9 Å². The molecule has 1 saturated carbocycles. The predicted octanol–water partition coefficient (Wildman–Crippen LogP) is 3.76. The second-order valence-corrected chi connectivity index (χ2v) is 9.60. The molecule has 2 N–H and O–H groups in total. The van der Waals surface area contributed by atoms with Gasteiger partial charge in [0.15, 0.2) is 5.96 Å². The molecule has 30 heavy (non-hydrogen) atoms. The molecule has 1 aromatic rings. The molecule has 2 aliphatic rings. The highest BCUT2D eigenvalue weighted by molar-refractivity contribution is 14.0. The lowest BCUT2D eigenvalue weighted by atomic mass is 9.85. The number of amides is 1. The van der Waals surface area contributed by atoms with E-state index < -0.39 is 0 Å². The van der Waals surface area contributed by atoms with Gasteiger partial charge in [-0.25, -0.2) is 0 Å². The van der Waals surface area contributed by atoms with Gasteiger partial charge >= 0.3 is 0 Å². The summed E-state index contributed by atoms with van der Waals surface area (Å²) in [5.41, 5.74) is 4.00. The smallest absolute Gasteiger partial charge is 0.225 e. The Labute approximate surface area is 203 Å². The molecule has 1 aliphatic heterocycles. The SMILES string of the molecule is CN=C(NCCc1cc(C)cc(C)c1)NC1CCC(C(=O)N2CCSCC2)CC1.I. The van der Waals surface area contributed by atoms with Crippen molar-refractivity contribution in [2.24, 2.45) is 10.9 Å². The van der Waals surface area contributed by atoms with E-state index >= 15 is 0 Å². The van der Waals surface area contributed by atoms with E-state index in [1.807, 2.05) is 18.8 Å². The largest absolute Gasteiger partial charge is 0.356 e. The van der Waals surface area contributed by atoms with Crippen molar-refractivity contribution in [1.82, 2.24) is 15.5 Å². The molecule has 1 heterocycles. The van der Waals surface area contributed by atoms with E-state index in [2.05, 4.69) is 52.6 Å². The van der Waals surface area contributed by atoms with E-state index in [9.17, 15) is 4.79 Å². The normalized spacial score (nSPS) is 22.2. The highest BCUT2D eigenvalue weighted by atomic mass is 127. The van der Waals surface area contributed by atoms with Gasteiger partial charge in [-0.2, -0.15) is 11.8 Å². The van der Waals surface area contributed by atoms with E-state index in [1.54, 1.807) is 0 Å². The molecule has 1 aromatic carbocycles. The number of aryl methyl sites for hydroxylation is 2. The summed E-state index contributed by atoms with van der Waals surface area (Å²) in [4.78, 5) is 19.2. The van der Waals surface area contributed by atoms with Crippen LogP contribution in [-0.4, -0.2) is 61.0 Å². The Hall–Kier alpha value is -0.960. The second kappa shape index (κ2) is 12.8. The van der Waals surface area contributed by atoms with Crippen LogP contribution < -0.4 is 10.6 Å². The molecule has 5 nitrogen and oxygen atoms in total. The first kappa shape index (κ1) is 25.3. The van der Waals surface area contributed by atoms with Crippen molar-refractivity contribution in [1.29, 1.82) is 0 Å². The molecule has 0 unspecified atom stereocenters. The van der Waals surface area contributed by atoms with Gasteiger partial charge in [0.25, 0.3) is 0 Å². The van der Waals surface area contributed by atoms with Crippen LogP contribution in [0.3, 0.4) is 0 Å². The van der Waals surface area contributed by atoms with Gasteiger partial charge in [0, 0.05) is 50.1 Å². The van der Waals surface area contributed by atoms with Crippen LogP contribution in [0.15, 0.2) is 23.2 Å². The molecule has 1 amide bonds. The minimum Gasteiger partial charge on any atom is -0.356 e. The van der Waals surface area contributed by atoms with Crippen LogP contribution >= 0.6 is 35.7 Å². The molecule has 1 saturated heterocycles. The van der Waals surface area contributed by atoms with Crippen molar-refractivity contribution in [2.75, 3.05) is 38.2 Å². The topological polar surface area (TPSA) is 56.7 Å². The Balaban J connectivity index is 0.00000320. The van der Waals surface area contributed by atoms with Gasteiger partial charge in [-0.1, -0.05) is 29.3 Å². The van der Waals surface area contributed by atoms with Crippen LogP contribution in [-0.2, 0) is 11.2 Å². The van der Waals surface area contributed by atoms with Crippen LogP contribution in [0.2, 0.25) is 0 Å². The summed E-state index contributed by atoms with van der Waals surface area (Å²) in [6.07, 6.45) is 5.03. The molecule has 1 aliphatic carbocycles. The molecule has 2 fully saturated rings. The van der Waals surface area contributed by atoms with Gasteiger partial charge in [-0.15, -0.1) is 24.0 Å². The zero-order valence-corrected chi connectivity index (χ0v) is 21.7. The number of nitrogens with one attached hydrogen (secondary N) is 2. The van der Waals surface area contributed by atoms with Crippen LogP contribution in [0.4, 0.5) is 0 Å². The molecule has 0 spiro atoms. The van der Waals surface area contributed by atoms with Crippen LogP contribution in [0.25, 0.3) is 0 Å². The monoisotopic (exact) mass is 544 g/mol. The third kappa shape index (κ3) is 7.62. The number of carbonyl (C=O) groups excluding carboxylic acids is 1. The van der Waals surface area contributed by atoms with E-state index in [-0.39, 0.29) is 29.9 Å². The fraction of sp³-hybridized carbons (Fsp3) is 0.652. The highest BCUT2D eigenvalue weighted by Gasteiger charge is 2.30. The fourth-order valence-electron chi connectivity index (χ4n) is 4.45. The minimum atomic E-state index is 0. The third-order valence-corrected chi connectivity index (χ3v) is 6.89. The average molecular weight is 545 g/mol. The highest BCUT2D eigenvalue weighted by Crippen LogP contribution is 2.27. The number of nitrogens with zero attached hydrogens (tertiary/aromatic N) is 2. The number of hydrogen-bond acceptors (Lipinski definition) is 3. The standard InChI is InChI=1S/C23H36N4OS.HI/c1-17-14-18(2)16-19(15-17)8-9-25-23(24-3)26-21-6-4-20(5-7-21)22(28)27-10-12-29-13-11-27;/h14-16,20-21H,4-13H2,1-3H3,(H2,24,25,26);1H. The number of aliphatic imine (C=N–C) groups is 1. The van der Waals surface area contributed by atoms with E-state index in [0.29, 0.717) is 11.9 Å². The van der Waals surface area contributed by atoms with E-state index in [4.69, 9.17) is 0 Å². The summed E-state index contributed by atoms with van der Waals surface area (Å²) >= 11 is 1.95. The molecule has 0 bridgehead atoms. The lowest BCUT2D eigenvalue weighted by Gasteiger charge is -2.34. The Kier molecular flexibility index (Phi) is 10.8. The fourth-order valence-corrected chi connectivity index (χ4v) is 5.36. The second-order valence-electron chi connectivity index (χ2n) is 8.38. The van der Waals surface area contributed by atoms with Crippen LogP contribution in [0.1, 0.15) is 42.4 Å². The van der Waals surface area contributed by atoms with Gasteiger partial charge in [0.05, 0.1) is 0 Å². The summed E-state index contributed by atoms with van der Waals surface area (Å²) in [5.74, 6) is 3.66. The number of benzene rings is 1. The first-order chi connectivity index (χ1) is 14.0. The number of guanidine groups is 1. The zero-order chi connectivity index (χ0) is 20.6. The van der Waals surface area contributed by atoms with Gasteiger partial charge in [-0.05, 0) is 51.5 Å². The minimum absolute atomic E-state index is 0. The van der Waals surface area contributed by atoms with E-state index in [0.717, 1.165) is 69.2 Å². The maximum absolute atomic E-state index is 12.7. The van der Waals surface area contributed by atoms with Gasteiger partial charge in [0.1, 0.15) is 0 Å². The first-order valence-electron chi connectivity index (χ1n) is 11.0. The van der Waals surface area contributed by atoms with Crippen LogP contribution in [0, 0.1) is 19.8 Å². The molecule has 7 heteroatoms. The summed E-state index contributed by atoms with van der Waals surface area (Å²) in [5, 5.41) is 7.02. The summed E-state index contributed by atoms with van der Waals surface area (Å²) in [6, 6.07) is 7.13. The van der Waals surface area contributed by atoms with E-state index in [1.165, 1.54) is 16.7 Å². The Morgan fingerprint density at radius 2 is 1.73 bits per heavy atom. The molecule has 0 atom stereocenters. The molecule has 0 radical (unpaired) electrons. The van der Waals surface area contributed by atoms with Crippen LogP contribution in [0.5, 0.6) is 0 Å². The molecule has 0 aromatic heterocycles. The zero-order valence-electron chi connectivity index (χ0n) is 18.6. The Morgan fingerprint density at radius 3 is 2.33 bits per heavy atom. The number of carbonyl (C=O) groups is 1. The maximum atomic E-state index is 12.7. The summed E-state index contributed by atoms with van der Waals surface area (Å²) in [6.45, 7) is 7.02.